The molecule has 0 saturated carbocycles. The van der Waals surface area contributed by atoms with E-state index in [4.69, 9.17) is 4.74 Å². The molecule has 3 aromatic heterocycles. The van der Waals surface area contributed by atoms with Crippen LogP contribution in [0.15, 0.2) is 49.1 Å². The van der Waals surface area contributed by atoms with Gasteiger partial charge in [0.2, 0.25) is 5.88 Å². The lowest BCUT2D eigenvalue weighted by Gasteiger charge is -2.18. The van der Waals surface area contributed by atoms with Gasteiger partial charge in [0.05, 0.1) is 12.7 Å². The number of carbonyl (C=O) groups excluding carboxylic acids is 1. The summed E-state index contributed by atoms with van der Waals surface area (Å²) in [6, 6.07) is 7.42. The molecule has 4 heterocycles. The van der Waals surface area contributed by atoms with Gasteiger partial charge in [-0.3, -0.25) is 9.78 Å². The van der Waals surface area contributed by atoms with Crippen molar-refractivity contribution in [2.75, 3.05) is 20.2 Å². The van der Waals surface area contributed by atoms with Crippen LogP contribution >= 0.6 is 0 Å². The van der Waals surface area contributed by atoms with E-state index in [1.165, 1.54) is 0 Å². The molecule has 0 N–H and O–H groups in total. The van der Waals surface area contributed by atoms with Crippen molar-refractivity contribution >= 4 is 5.91 Å². The van der Waals surface area contributed by atoms with Crippen molar-refractivity contribution in [2.24, 2.45) is 5.92 Å². The number of ether oxygens (including phenoxy) is 1. The largest absolute Gasteiger partial charge is 0.481 e. The summed E-state index contributed by atoms with van der Waals surface area (Å²) in [6.45, 7) is 4.38. The highest BCUT2D eigenvalue weighted by Gasteiger charge is 2.28. The summed E-state index contributed by atoms with van der Waals surface area (Å²) in [4.78, 5) is 27.6. The summed E-state index contributed by atoms with van der Waals surface area (Å²) in [5.74, 6) is 1.84. The molecular weight excluding hydrogens is 354 g/mol. The predicted octanol–water partition coefficient (Wildman–Crippen LogP) is 2.82. The Bertz CT molecular complexity index is 953. The number of aromatic nitrogens is 4. The van der Waals surface area contributed by atoms with Crippen LogP contribution in [-0.2, 0) is 6.54 Å². The molecule has 3 aromatic rings. The van der Waals surface area contributed by atoms with Gasteiger partial charge < -0.3 is 14.2 Å². The number of amides is 1. The van der Waals surface area contributed by atoms with Crippen molar-refractivity contribution in [1.29, 1.82) is 0 Å². The van der Waals surface area contributed by atoms with Crippen LogP contribution in [0.1, 0.15) is 22.5 Å². The zero-order valence-electron chi connectivity index (χ0n) is 16.1. The summed E-state index contributed by atoms with van der Waals surface area (Å²) in [5, 5.41) is 0. The van der Waals surface area contributed by atoms with Crippen LogP contribution in [0.2, 0.25) is 0 Å². The van der Waals surface area contributed by atoms with E-state index in [1.807, 2.05) is 29.4 Å². The first-order chi connectivity index (χ1) is 13.7. The number of aryl methyl sites for hydroxylation is 1. The van der Waals surface area contributed by atoms with Crippen molar-refractivity contribution in [3.05, 3.63) is 60.3 Å². The molecule has 1 atom stereocenters. The van der Waals surface area contributed by atoms with E-state index < -0.39 is 0 Å². The number of rotatable bonds is 5. The molecule has 144 valence electrons. The molecule has 1 unspecified atom stereocenters. The number of likely N-dealkylation sites (tertiary alicyclic amines) is 1. The van der Waals surface area contributed by atoms with Crippen LogP contribution < -0.4 is 4.74 Å². The lowest BCUT2D eigenvalue weighted by atomic mass is 10.1. The SMILES string of the molecule is COc1ccc(C(=O)N2CCC(Cn3c(C)cnc3-c3cccnc3)C2)cn1. The Kier molecular flexibility index (Phi) is 5.06. The van der Waals surface area contributed by atoms with E-state index in [2.05, 4.69) is 26.4 Å². The maximum absolute atomic E-state index is 12.8. The second-order valence-corrected chi connectivity index (χ2v) is 7.07. The van der Waals surface area contributed by atoms with E-state index in [0.717, 1.165) is 43.1 Å². The lowest BCUT2D eigenvalue weighted by molar-refractivity contribution is 0.0785. The third-order valence-corrected chi connectivity index (χ3v) is 5.18. The summed E-state index contributed by atoms with van der Waals surface area (Å²) >= 11 is 0. The average molecular weight is 377 g/mol. The molecule has 1 fully saturated rings. The van der Waals surface area contributed by atoms with Gasteiger partial charge in [0, 0.05) is 61.7 Å². The summed E-state index contributed by atoms with van der Waals surface area (Å²) in [7, 11) is 1.56. The fourth-order valence-electron chi connectivity index (χ4n) is 3.65. The summed E-state index contributed by atoms with van der Waals surface area (Å²) < 4.78 is 7.29. The van der Waals surface area contributed by atoms with Crippen molar-refractivity contribution < 1.29 is 9.53 Å². The molecule has 0 bridgehead atoms. The van der Waals surface area contributed by atoms with E-state index in [0.29, 0.717) is 17.4 Å². The number of pyridine rings is 2. The number of carbonyl (C=O) groups is 1. The number of methoxy groups -OCH3 is 1. The van der Waals surface area contributed by atoms with Gasteiger partial charge in [-0.2, -0.15) is 0 Å². The molecule has 1 saturated heterocycles. The van der Waals surface area contributed by atoms with Gasteiger partial charge in [-0.15, -0.1) is 0 Å². The van der Waals surface area contributed by atoms with E-state index >= 15 is 0 Å². The lowest BCUT2D eigenvalue weighted by Crippen LogP contribution is -2.29. The van der Waals surface area contributed by atoms with E-state index in [9.17, 15) is 4.79 Å². The molecule has 4 rings (SSSR count). The van der Waals surface area contributed by atoms with Crippen molar-refractivity contribution in [3.8, 4) is 17.3 Å². The second-order valence-electron chi connectivity index (χ2n) is 7.07. The smallest absolute Gasteiger partial charge is 0.255 e. The molecule has 1 aliphatic rings. The zero-order valence-corrected chi connectivity index (χ0v) is 16.1. The van der Waals surface area contributed by atoms with Crippen molar-refractivity contribution in [3.63, 3.8) is 0 Å². The van der Waals surface area contributed by atoms with Crippen LogP contribution in [0.5, 0.6) is 5.88 Å². The van der Waals surface area contributed by atoms with Crippen LogP contribution in [0, 0.1) is 12.8 Å². The first-order valence-electron chi connectivity index (χ1n) is 9.37. The minimum Gasteiger partial charge on any atom is -0.481 e. The van der Waals surface area contributed by atoms with E-state index in [1.54, 1.807) is 31.6 Å². The Morgan fingerprint density at radius 1 is 1.21 bits per heavy atom. The van der Waals surface area contributed by atoms with Crippen LogP contribution in [0.4, 0.5) is 0 Å². The van der Waals surface area contributed by atoms with Gasteiger partial charge in [0.15, 0.2) is 0 Å². The van der Waals surface area contributed by atoms with Gasteiger partial charge >= 0.3 is 0 Å². The predicted molar refractivity (Wildman–Crippen MR) is 105 cm³/mol. The Hall–Kier alpha value is -3.22. The van der Waals surface area contributed by atoms with Gasteiger partial charge in [-0.1, -0.05) is 0 Å². The van der Waals surface area contributed by atoms with Crippen LogP contribution in [0.3, 0.4) is 0 Å². The quantitative estimate of drug-likeness (QED) is 0.684. The standard InChI is InChI=1S/C21H23N5O2/c1-15-10-24-20(17-4-3-8-22-11-17)26(15)14-16-7-9-25(13-16)21(27)18-5-6-19(28-2)23-12-18/h3-6,8,10-12,16H,7,9,13-14H2,1-2H3. The summed E-state index contributed by atoms with van der Waals surface area (Å²) in [5.41, 5.74) is 2.71. The fourth-order valence-corrected chi connectivity index (χ4v) is 3.65. The van der Waals surface area contributed by atoms with E-state index in [-0.39, 0.29) is 5.91 Å². The Morgan fingerprint density at radius 2 is 2.11 bits per heavy atom. The number of hydrogen-bond acceptors (Lipinski definition) is 5. The maximum atomic E-state index is 12.8. The third kappa shape index (κ3) is 3.60. The molecular formula is C21H23N5O2. The monoisotopic (exact) mass is 377 g/mol. The van der Waals surface area contributed by atoms with Crippen molar-refractivity contribution in [2.45, 2.75) is 19.9 Å². The third-order valence-electron chi connectivity index (χ3n) is 5.18. The maximum Gasteiger partial charge on any atom is 0.255 e. The Labute approximate surface area is 164 Å². The topological polar surface area (TPSA) is 73.1 Å². The fraction of sp³-hybridized carbons (Fsp3) is 0.333. The molecule has 0 aliphatic carbocycles. The van der Waals surface area contributed by atoms with Crippen LogP contribution in [0.25, 0.3) is 11.4 Å². The average Bonchev–Trinajstić information content (AvgIpc) is 3.36. The molecule has 1 aliphatic heterocycles. The Balaban J connectivity index is 1.45. The van der Waals surface area contributed by atoms with Crippen LogP contribution in [-0.4, -0.2) is 50.5 Å². The Morgan fingerprint density at radius 3 is 2.82 bits per heavy atom. The second kappa shape index (κ2) is 7.80. The normalized spacial score (nSPS) is 16.4. The first kappa shape index (κ1) is 18.2. The van der Waals surface area contributed by atoms with Crippen molar-refractivity contribution in [1.82, 2.24) is 24.4 Å². The number of hydrogen-bond donors (Lipinski definition) is 0. The molecule has 7 nitrogen and oxygen atoms in total. The number of imidazole rings is 1. The number of nitrogens with zero attached hydrogens (tertiary/aromatic N) is 5. The highest BCUT2D eigenvalue weighted by Crippen LogP contribution is 2.25. The molecule has 0 spiro atoms. The molecule has 7 heteroatoms. The molecule has 0 aromatic carbocycles. The molecule has 0 radical (unpaired) electrons. The van der Waals surface area contributed by atoms with Gasteiger partial charge in [-0.25, -0.2) is 9.97 Å². The molecule has 28 heavy (non-hydrogen) atoms. The van der Waals surface area contributed by atoms with Gasteiger partial charge in [0.1, 0.15) is 5.82 Å². The minimum atomic E-state index is 0.0208. The highest BCUT2D eigenvalue weighted by atomic mass is 16.5. The highest BCUT2D eigenvalue weighted by molar-refractivity contribution is 5.94. The molecule has 1 amide bonds. The van der Waals surface area contributed by atoms with Gasteiger partial charge in [-0.05, 0) is 37.5 Å². The zero-order chi connectivity index (χ0) is 19.5. The first-order valence-corrected chi connectivity index (χ1v) is 9.37. The minimum absolute atomic E-state index is 0.0208. The summed E-state index contributed by atoms with van der Waals surface area (Å²) in [6.07, 6.45) is 8.04. The van der Waals surface area contributed by atoms with Gasteiger partial charge in [0.25, 0.3) is 5.91 Å².